The van der Waals surface area contributed by atoms with E-state index >= 15 is 0 Å². The van der Waals surface area contributed by atoms with Crippen LogP contribution in [0.25, 0.3) is 6.08 Å². The summed E-state index contributed by atoms with van der Waals surface area (Å²) < 4.78 is 1.83. The fourth-order valence-corrected chi connectivity index (χ4v) is 3.94. The van der Waals surface area contributed by atoms with Crippen LogP contribution in [0.4, 0.5) is 10.5 Å². The monoisotopic (exact) mass is 487 g/mol. The van der Waals surface area contributed by atoms with Crippen molar-refractivity contribution in [2.75, 3.05) is 4.90 Å². The van der Waals surface area contributed by atoms with Crippen LogP contribution in [0.2, 0.25) is 15.1 Å². The number of nitrogens with zero attached hydrogens (tertiary/aromatic N) is 2. The molecule has 0 saturated carbocycles. The Morgan fingerprint density at radius 2 is 1.75 bits per heavy atom. The molecule has 0 unspecified atom stereocenters. The summed E-state index contributed by atoms with van der Waals surface area (Å²) in [5.41, 5.74) is 2.29. The van der Waals surface area contributed by atoms with E-state index in [1.807, 2.05) is 10.6 Å². The molecule has 0 radical (unpaired) electrons. The van der Waals surface area contributed by atoms with Crippen LogP contribution in [0.15, 0.2) is 60.3 Å². The Morgan fingerprint density at radius 1 is 0.969 bits per heavy atom. The van der Waals surface area contributed by atoms with Crippen molar-refractivity contribution < 1.29 is 14.4 Å². The SMILES string of the molecule is Cc1ccc(N2C(=O)NC(=O)C(=Cc3cccn3Cc3ccc(Cl)cc3Cl)C2=O)cc1Cl. The summed E-state index contributed by atoms with van der Waals surface area (Å²) in [6, 6.07) is 12.7. The second-order valence-electron chi connectivity index (χ2n) is 7.19. The summed E-state index contributed by atoms with van der Waals surface area (Å²) in [5, 5.41) is 3.64. The van der Waals surface area contributed by atoms with Crippen molar-refractivity contribution in [1.29, 1.82) is 0 Å². The number of halogens is 3. The fraction of sp³-hybridized carbons (Fsp3) is 0.0870. The van der Waals surface area contributed by atoms with Gasteiger partial charge in [-0.05, 0) is 60.5 Å². The highest BCUT2D eigenvalue weighted by molar-refractivity contribution is 6.39. The number of urea groups is 1. The van der Waals surface area contributed by atoms with Crippen LogP contribution >= 0.6 is 34.8 Å². The molecule has 0 spiro atoms. The summed E-state index contributed by atoms with van der Waals surface area (Å²) >= 11 is 18.4. The molecule has 32 heavy (non-hydrogen) atoms. The molecule has 0 aliphatic carbocycles. The normalized spacial score (nSPS) is 15.4. The Morgan fingerprint density at radius 3 is 2.47 bits per heavy atom. The molecular formula is C23H16Cl3N3O3. The topological polar surface area (TPSA) is 71.4 Å². The standard InChI is InChI=1S/C23H16Cl3N3O3/c1-13-4-7-17(11-19(13)25)29-22(31)18(21(30)27-23(29)32)10-16-3-2-8-28(16)12-14-5-6-15(24)9-20(14)26/h2-11H,12H2,1H3,(H,27,30,32). The van der Waals surface area contributed by atoms with Gasteiger partial charge in [0.05, 0.1) is 5.69 Å². The van der Waals surface area contributed by atoms with E-state index in [1.165, 1.54) is 12.1 Å². The van der Waals surface area contributed by atoms with Crippen molar-refractivity contribution in [3.8, 4) is 0 Å². The van der Waals surface area contributed by atoms with E-state index in [4.69, 9.17) is 34.8 Å². The number of imide groups is 2. The van der Waals surface area contributed by atoms with E-state index in [0.29, 0.717) is 27.3 Å². The number of rotatable bonds is 4. The van der Waals surface area contributed by atoms with Crippen molar-refractivity contribution in [1.82, 2.24) is 9.88 Å². The Bertz CT molecular complexity index is 1300. The minimum Gasteiger partial charge on any atom is -0.343 e. The Kier molecular flexibility index (Phi) is 6.11. The lowest BCUT2D eigenvalue weighted by Crippen LogP contribution is -2.54. The highest BCUT2D eigenvalue weighted by Gasteiger charge is 2.37. The van der Waals surface area contributed by atoms with Gasteiger partial charge in [-0.2, -0.15) is 0 Å². The average Bonchev–Trinajstić information content (AvgIpc) is 3.16. The van der Waals surface area contributed by atoms with E-state index < -0.39 is 17.8 Å². The maximum Gasteiger partial charge on any atom is 0.335 e. The van der Waals surface area contributed by atoms with Gasteiger partial charge in [0, 0.05) is 33.5 Å². The van der Waals surface area contributed by atoms with Crippen molar-refractivity contribution in [3.05, 3.63) is 92.2 Å². The van der Waals surface area contributed by atoms with Crippen LogP contribution in [0.5, 0.6) is 0 Å². The first-order chi connectivity index (χ1) is 15.2. The molecule has 1 saturated heterocycles. The second-order valence-corrected chi connectivity index (χ2v) is 8.44. The van der Waals surface area contributed by atoms with Gasteiger partial charge in [0.1, 0.15) is 5.57 Å². The van der Waals surface area contributed by atoms with E-state index in [9.17, 15) is 14.4 Å². The zero-order chi connectivity index (χ0) is 23.0. The second kappa shape index (κ2) is 8.82. The molecule has 1 aromatic heterocycles. The summed E-state index contributed by atoms with van der Waals surface area (Å²) in [7, 11) is 0. The molecule has 2 heterocycles. The third kappa shape index (κ3) is 4.30. The van der Waals surface area contributed by atoms with Gasteiger partial charge in [0.25, 0.3) is 11.8 Å². The fourth-order valence-electron chi connectivity index (χ4n) is 3.30. The van der Waals surface area contributed by atoms with E-state index in [0.717, 1.165) is 16.0 Å². The highest BCUT2D eigenvalue weighted by atomic mass is 35.5. The van der Waals surface area contributed by atoms with Crippen molar-refractivity contribution in [3.63, 3.8) is 0 Å². The molecule has 6 nitrogen and oxygen atoms in total. The summed E-state index contributed by atoms with van der Waals surface area (Å²) in [5.74, 6) is -1.51. The lowest BCUT2D eigenvalue weighted by Gasteiger charge is -2.26. The molecule has 9 heteroatoms. The van der Waals surface area contributed by atoms with Crippen molar-refractivity contribution in [2.24, 2.45) is 0 Å². The van der Waals surface area contributed by atoms with Crippen molar-refractivity contribution in [2.45, 2.75) is 13.5 Å². The smallest absolute Gasteiger partial charge is 0.335 e. The molecule has 1 fully saturated rings. The number of anilines is 1. The molecule has 2 aromatic carbocycles. The number of carbonyl (C=O) groups excluding carboxylic acids is 3. The predicted octanol–water partition coefficient (Wildman–Crippen LogP) is 5.47. The van der Waals surface area contributed by atoms with Gasteiger partial charge in [-0.15, -0.1) is 0 Å². The molecule has 162 valence electrons. The molecule has 1 aliphatic heterocycles. The maximum absolute atomic E-state index is 13.1. The zero-order valence-electron chi connectivity index (χ0n) is 16.7. The first-order valence-corrected chi connectivity index (χ1v) is 10.6. The van der Waals surface area contributed by atoms with Gasteiger partial charge in [-0.3, -0.25) is 14.9 Å². The largest absolute Gasteiger partial charge is 0.343 e. The summed E-state index contributed by atoms with van der Waals surface area (Å²) in [4.78, 5) is 38.9. The summed E-state index contributed by atoms with van der Waals surface area (Å²) in [6.07, 6.45) is 3.24. The number of aromatic nitrogens is 1. The maximum atomic E-state index is 13.1. The van der Waals surface area contributed by atoms with Gasteiger partial charge in [-0.25, -0.2) is 9.69 Å². The lowest BCUT2D eigenvalue weighted by atomic mass is 10.1. The van der Waals surface area contributed by atoms with Crippen LogP contribution in [-0.4, -0.2) is 22.4 Å². The van der Waals surface area contributed by atoms with Gasteiger partial charge in [0.15, 0.2) is 0 Å². The average molecular weight is 489 g/mol. The molecule has 0 bridgehead atoms. The minimum atomic E-state index is -0.833. The number of benzene rings is 2. The number of hydrogen-bond donors (Lipinski definition) is 1. The number of carbonyl (C=O) groups is 3. The van der Waals surface area contributed by atoms with E-state index in [2.05, 4.69) is 5.32 Å². The Labute approximate surface area is 199 Å². The predicted molar refractivity (Wildman–Crippen MR) is 125 cm³/mol. The number of nitrogens with one attached hydrogen (secondary N) is 1. The van der Waals surface area contributed by atoms with Gasteiger partial charge < -0.3 is 4.57 Å². The number of hydrogen-bond acceptors (Lipinski definition) is 3. The first kappa shape index (κ1) is 22.1. The highest BCUT2D eigenvalue weighted by Crippen LogP contribution is 2.27. The summed E-state index contributed by atoms with van der Waals surface area (Å²) in [6.45, 7) is 2.20. The quantitative estimate of drug-likeness (QED) is 0.391. The third-order valence-electron chi connectivity index (χ3n) is 5.03. The van der Waals surface area contributed by atoms with E-state index in [-0.39, 0.29) is 11.3 Å². The Hall–Kier alpha value is -3.06. The molecule has 0 atom stereocenters. The molecule has 4 rings (SSSR count). The minimum absolute atomic E-state index is 0.177. The molecule has 1 aliphatic rings. The van der Waals surface area contributed by atoms with Crippen LogP contribution in [0.1, 0.15) is 16.8 Å². The number of barbiturate groups is 1. The van der Waals surface area contributed by atoms with Crippen molar-refractivity contribution >= 4 is 64.4 Å². The van der Waals surface area contributed by atoms with Gasteiger partial charge in [-0.1, -0.05) is 46.9 Å². The van der Waals surface area contributed by atoms with Crippen LogP contribution in [0.3, 0.4) is 0 Å². The third-order valence-corrected chi connectivity index (χ3v) is 6.02. The van der Waals surface area contributed by atoms with Crippen LogP contribution < -0.4 is 10.2 Å². The first-order valence-electron chi connectivity index (χ1n) is 9.51. The van der Waals surface area contributed by atoms with Gasteiger partial charge >= 0.3 is 6.03 Å². The number of aryl methyl sites for hydroxylation is 1. The zero-order valence-corrected chi connectivity index (χ0v) is 19.0. The Balaban J connectivity index is 1.68. The van der Waals surface area contributed by atoms with Crippen LogP contribution in [0, 0.1) is 6.92 Å². The van der Waals surface area contributed by atoms with E-state index in [1.54, 1.807) is 49.5 Å². The molecule has 1 N–H and O–H groups in total. The molecular weight excluding hydrogens is 473 g/mol. The van der Waals surface area contributed by atoms with Gasteiger partial charge in [0.2, 0.25) is 0 Å². The van der Waals surface area contributed by atoms with Crippen LogP contribution in [-0.2, 0) is 16.1 Å². The lowest BCUT2D eigenvalue weighted by molar-refractivity contribution is -0.122. The molecule has 4 amide bonds. The number of amides is 4. The molecule has 3 aromatic rings.